The monoisotopic (exact) mass is 570 g/mol. The lowest BCUT2D eigenvalue weighted by atomic mass is 9.96. The predicted octanol–water partition coefficient (Wildman–Crippen LogP) is 3.23. The average Bonchev–Trinajstić information content (AvgIpc) is 2.79. The van der Waals surface area contributed by atoms with E-state index in [0.717, 1.165) is 43.8 Å². The van der Waals surface area contributed by atoms with E-state index in [2.05, 4.69) is 36.2 Å². The zero-order valence-corrected chi connectivity index (χ0v) is 22.0. The van der Waals surface area contributed by atoms with E-state index in [9.17, 15) is 18.0 Å². The molecule has 0 radical (unpaired) electrons. The summed E-state index contributed by atoms with van der Waals surface area (Å²) in [6, 6.07) is 12.5. The van der Waals surface area contributed by atoms with Crippen molar-refractivity contribution >= 4 is 55.1 Å². The Hall–Kier alpha value is -2.14. The molecule has 0 spiro atoms. The minimum atomic E-state index is -3.56. The van der Waals surface area contributed by atoms with Crippen LogP contribution in [-0.2, 0) is 21.4 Å². The van der Waals surface area contributed by atoms with Crippen LogP contribution in [0.5, 0.6) is 0 Å². The number of carbonyl (C=O) groups is 2. The highest BCUT2D eigenvalue weighted by atomic mass is 79.9. The first-order chi connectivity index (χ1) is 16.1. The third kappa shape index (κ3) is 8.57. The first-order valence-corrected chi connectivity index (χ1v) is 13.9. The number of nitrogens with zero attached hydrogens (tertiary/aromatic N) is 1. The smallest absolute Gasteiger partial charge is 0.253 e. The minimum absolute atomic E-state index is 0.126. The number of sulfonamides is 1. The van der Waals surface area contributed by atoms with Crippen molar-refractivity contribution in [2.45, 2.75) is 19.4 Å². The van der Waals surface area contributed by atoms with Crippen LogP contribution >= 0.6 is 27.5 Å². The van der Waals surface area contributed by atoms with Gasteiger partial charge in [-0.15, -0.1) is 0 Å². The lowest BCUT2D eigenvalue weighted by molar-refractivity contribution is -0.120. The molecular weight excluding hydrogens is 544 g/mol. The summed E-state index contributed by atoms with van der Waals surface area (Å²) in [5, 5.41) is 6.17. The maximum atomic E-state index is 12.6. The first kappa shape index (κ1) is 26.5. The van der Waals surface area contributed by atoms with Gasteiger partial charge in [0, 0.05) is 22.6 Å². The van der Waals surface area contributed by atoms with Gasteiger partial charge in [0.1, 0.15) is 0 Å². The Morgan fingerprint density at radius 2 is 1.76 bits per heavy atom. The quantitative estimate of drug-likeness (QED) is 0.428. The Kier molecular flexibility index (Phi) is 9.35. The molecule has 0 unspecified atom stereocenters. The number of carbonyl (C=O) groups excluding carboxylic acids is 2. The Morgan fingerprint density at radius 1 is 1.09 bits per heavy atom. The summed E-state index contributed by atoms with van der Waals surface area (Å²) in [7, 11) is -3.56. The largest absolute Gasteiger partial charge is 0.354 e. The molecule has 2 amide bonds. The van der Waals surface area contributed by atoms with Gasteiger partial charge < -0.3 is 10.6 Å². The van der Waals surface area contributed by atoms with Crippen LogP contribution in [0.4, 0.5) is 5.69 Å². The molecule has 0 bridgehead atoms. The number of amides is 2. The molecule has 0 saturated carbocycles. The van der Waals surface area contributed by atoms with E-state index in [1.165, 1.54) is 17.7 Å². The Balaban J connectivity index is 1.41. The second kappa shape index (κ2) is 12.0. The Bertz CT molecular complexity index is 1120. The van der Waals surface area contributed by atoms with Gasteiger partial charge in [-0.05, 0) is 67.7 Å². The zero-order chi connectivity index (χ0) is 24.7. The fourth-order valence-electron chi connectivity index (χ4n) is 3.77. The van der Waals surface area contributed by atoms with Crippen molar-refractivity contribution in [1.29, 1.82) is 0 Å². The first-order valence-electron chi connectivity index (χ1n) is 10.9. The van der Waals surface area contributed by atoms with E-state index in [4.69, 9.17) is 11.6 Å². The van der Waals surface area contributed by atoms with Gasteiger partial charge in [-0.25, -0.2) is 8.42 Å². The van der Waals surface area contributed by atoms with Crippen LogP contribution < -0.4 is 15.4 Å². The van der Waals surface area contributed by atoms with Gasteiger partial charge in [-0.1, -0.05) is 39.7 Å². The second-order valence-electron chi connectivity index (χ2n) is 8.40. The molecule has 1 fully saturated rings. The minimum Gasteiger partial charge on any atom is -0.354 e. The number of nitrogens with one attached hydrogen (secondary N) is 3. The standard InChI is InChI=1S/C23H28BrClN4O4S/c1-34(32,33)28-21-7-4-18(24)12-20(21)23(31)27-14-22(30)26-13-16-8-10-29(11-9-16)15-17-2-5-19(25)6-3-17/h2-7,12,16,28H,8-11,13-15H2,1H3,(H,26,30)(H,27,31). The normalized spacial score (nSPS) is 15.0. The van der Waals surface area contributed by atoms with Crippen LogP contribution in [0.1, 0.15) is 28.8 Å². The van der Waals surface area contributed by atoms with Gasteiger partial charge >= 0.3 is 0 Å². The van der Waals surface area contributed by atoms with Gasteiger partial charge in [0.25, 0.3) is 5.91 Å². The summed E-state index contributed by atoms with van der Waals surface area (Å²) in [5.41, 5.74) is 1.50. The fraction of sp³-hybridized carbons (Fsp3) is 0.391. The van der Waals surface area contributed by atoms with Crippen LogP contribution in [0.3, 0.4) is 0 Å². The number of halogens is 2. The molecule has 3 rings (SSSR count). The van der Waals surface area contributed by atoms with Crippen LogP contribution in [0.15, 0.2) is 46.9 Å². The molecule has 11 heteroatoms. The lowest BCUT2D eigenvalue weighted by Gasteiger charge is -2.32. The van der Waals surface area contributed by atoms with Crippen molar-refractivity contribution in [2.75, 3.05) is 37.2 Å². The van der Waals surface area contributed by atoms with E-state index < -0.39 is 15.9 Å². The Morgan fingerprint density at radius 3 is 2.41 bits per heavy atom. The summed E-state index contributed by atoms with van der Waals surface area (Å²) in [4.78, 5) is 27.2. The van der Waals surface area contributed by atoms with Crippen molar-refractivity contribution in [3.63, 3.8) is 0 Å². The molecule has 1 aliphatic heterocycles. The van der Waals surface area contributed by atoms with Gasteiger partial charge in [0.15, 0.2) is 0 Å². The molecular formula is C23H28BrClN4O4S. The SMILES string of the molecule is CS(=O)(=O)Nc1ccc(Br)cc1C(=O)NCC(=O)NCC1CCN(Cc2ccc(Cl)cc2)CC1. The highest BCUT2D eigenvalue weighted by molar-refractivity contribution is 9.10. The lowest BCUT2D eigenvalue weighted by Crippen LogP contribution is -2.41. The number of rotatable bonds is 9. The molecule has 3 N–H and O–H groups in total. The molecule has 2 aromatic rings. The molecule has 0 atom stereocenters. The molecule has 1 heterocycles. The third-order valence-corrected chi connectivity index (χ3v) is 6.88. The summed E-state index contributed by atoms with van der Waals surface area (Å²) in [6.45, 7) is 3.16. The summed E-state index contributed by atoms with van der Waals surface area (Å²) in [6.07, 6.45) is 2.98. The molecule has 34 heavy (non-hydrogen) atoms. The molecule has 184 valence electrons. The highest BCUT2D eigenvalue weighted by Gasteiger charge is 2.20. The van der Waals surface area contributed by atoms with E-state index >= 15 is 0 Å². The van der Waals surface area contributed by atoms with Crippen molar-refractivity contribution in [3.05, 3.63) is 63.1 Å². The molecule has 0 aromatic heterocycles. The highest BCUT2D eigenvalue weighted by Crippen LogP contribution is 2.22. The number of hydrogen-bond donors (Lipinski definition) is 3. The third-order valence-electron chi connectivity index (χ3n) is 5.55. The van der Waals surface area contributed by atoms with E-state index in [-0.39, 0.29) is 23.7 Å². The Labute approximate surface area is 213 Å². The summed E-state index contributed by atoms with van der Waals surface area (Å²) in [5.74, 6) is -0.445. The molecule has 0 aliphatic carbocycles. The van der Waals surface area contributed by atoms with Crippen molar-refractivity contribution in [3.8, 4) is 0 Å². The molecule has 1 aliphatic rings. The molecule has 8 nitrogen and oxygen atoms in total. The number of hydrogen-bond acceptors (Lipinski definition) is 5. The summed E-state index contributed by atoms with van der Waals surface area (Å²) >= 11 is 9.22. The van der Waals surface area contributed by atoms with Crippen LogP contribution in [0, 0.1) is 5.92 Å². The van der Waals surface area contributed by atoms with Gasteiger partial charge in [-0.2, -0.15) is 0 Å². The van der Waals surface area contributed by atoms with Crippen molar-refractivity contribution < 1.29 is 18.0 Å². The van der Waals surface area contributed by atoms with Crippen LogP contribution in [0.25, 0.3) is 0 Å². The van der Waals surface area contributed by atoms with Gasteiger partial charge in [-0.3, -0.25) is 19.2 Å². The van der Waals surface area contributed by atoms with Gasteiger partial charge in [0.05, 0.1) is 24.1 Å². The molecule has 1 saturated heterocycles. The fourth-order valence-corrected chi connectivity index (χ4v) is 4.83. The van der Waals surface area contributed by atoms with Crippen LogP contribution in [-0.4, -0.2) is 57.6 Å². The van der Waals surface area contributed by atoms with Crippen molar-refractivity contribution in [1.82, 2.24) is 15.5 Å². The maximum absolute atomic E-state index is 12.6. The number of likely N-dealkylation sites (tertiary alicyclic amines) is 1. The topological polar surface area (TPSA) is 108 Å². The average molecular weight is 572 g/mol. The van der Waals surface area contributed by atoms with E-state index in [0.29, 0.717) is 16.9 Å². The summed E-state index contributed by atoms with van der Waals surface area (Å²) < 4.78 is 26.0. The van der Waals surface area contributed by atoms with Crippen LogP contribution in [0.2, 0.25) is 5.02 Å². The molecule has 2 aromatic carbocycles. The second-order valence-corrected chi connectivity index (χ2v) is 11.5. The number of benzene rings is 2. The van der Waals surface area contributed by atoms with Gasteiger partial charge in [0.2, 0.25) is 15.9 Å². The van der Waals surface area contributed by atoms with Crippen molar-refractivity contribution in [2.24, 2.45) is 5.92 Å². The number of anilines is 1. The van der Waals surface area contributed by atoms with E-state index in [1.807, 2.05) is 24.3 Å². The maximum Gasteiger partial charge on any atom is 0.253 e. The zero-order valence-electron chi connectivity index (χ0n) is 18.8. The predicted molar refractivity (Wildman–Crippen MR) is 137 cm³/mol. The number of piperidine rings is 1. The van der Waals surface area contributed by atoms with E-state index in [1.54, 1.807) is 6.07 Å².